The second-order valence-electron chi connectivity index (χ2n) is 6.47. The fraction of sp³-hybridized carbons (Fsp3) is 0.150. The van der Waals surface area contributed by atoms with E-state index in [0.717, 1.165) is 5.56 Å². The second kappa shape index (κ2) is 7.55. The maximum atomic E-state index is 13.0. The number of esters is 1. The fourth-order valence-corrected chi connectivity index (χ4v) is 3.33. The highest BCUT2D eigenvalue weighted by Crippen LogP contribution is 2.38. The van der Waals surface area contributed by atoms with E-state index in [2.05, 4.69) is 15.4 Å². The Morgan fingerprint density at radius 1 is 1.21 bits per heavy atom. The van der Waals surface area contributed by atoms with E-state index >= 15 is 0 Å². The van der Waals surface area contributed by atoms with Crippen LogP contribution in [-0.2, 0) is 16.1 Å². The molecule has 3 aromatic rings. The van der Waals surface area contributed by atoms with E-state index in [-0.39, 0.29) is 17.9 Å². The summed E-state index contributed by atoms with van der Waals surface area (Å²) in [5.74, 6) is -0.187. The number of nitrogens with zero attached hydrogens (tertiary/aromatic N) is 4. The van der Waals surface area contributed by atoms with E-state index in [1.807, 2.05) is 30.3 Å². The van der Waals surface area contributed by atoms with Gasteiger partial charge in [0.05, 0.1) is 16.1 Å². The minimum absolute atomic E-state index is 0.0876. The summed E-state index contributed by atoms with van der Waals surface area (Å²) >= 11 is 0. The molecule has 0 bridgehead atoms. The number of nitro benzene ring substituents is 1. The molecule has 1 aliphatic rings. The highest BCUT2D eigenvalue weighted by Gasteiger charge is 2.37. The number of para-hydroxylation sites is 1. The van der Waals surface area contributed by atoms with Gasteiger partial charge in [0.15, 0.2) is 0 Å². The van der Waals surface area contributed by atoms with Gasteiger partial charge in [0, 0.05) is 11.8 Å². The molecule has 1 aromatic heterocycles. The summed E-state index contributed by atoms with van der Waals surface area (Å²) in [6.45, 7) is 1.79. The summed E-state index contributed by atoms with van der Waals surface area (Å²) in [6.07, 6.45) is 1.33. The topological polar surface area (TPSA) is 112 Å². The van der Waals surface area contributed by atoms with Crippen LogP contribution in [0, 0.1) is 10.1 Å². The summed E-state index contributed by atoms with van der Waals surface area (Å²) < 4.78 is 6.97. The van der Waals surface area contributed by atoms with Crippen molar-refractivity contribution in [2.45, 2.75) is 19.6 Å². The van der Waals surface area contributed by atoms with E-state index in [0.29, 0.717) is 17.2 Å². The van der Waals surface area contributed by atoms with Crippen molar-refractivity contribution in [3.63, 3.8) is 0 Å². The van der Waals surface area contributed by atoms with Crippen LogP contribution in [0.1, 0.15) is 24.1 Å². The Morgan fingerprint density at radius 2 is 1.93 bits per heavy atom. The third-order valence-corrected chi connectivity index (χ3v) is 4.66. The maximum absolute atomic E-state index is 13.0. The standard InChI is InChI=1S/C20H17N5O4/c1-13-17(19(26)29-11-14-7-3-2-4-8-14)18(24-20(23-13)21-12-22-24)15-9-5-6-10-16(15)25(27)28/h2-10,12,18H,11H2,1H3,(H,21,22,23)/t18-/m0/s1. The molecule has 29 heavy (non-hydrogen) atoms. The van der Waals surface area contributed by atoms with Crippen LogP contribution in [0.25, 0.3) is 0 Å². The monoisotopic (exact) mass is 391 g/mol. The van der Waals surface area contributed by atoms with Crippen molar-refractivity contribution < 1.29 is 14.5 Å². The Labute approximate surface area is 165 Å². The average molecular weight is 391 g/mol. The van der Waals surface area contributed by atoms with Crippen molar-refractivity contribution in [3.8, 4) is 0 Å². The van der Waals surface area contributed by atoms with Gasteiger partial charge in [0.2, 0.25) is 5.95 Å². The predicted molar refractivity (Wildman–Crippen MR) is 104 cm³/mol. The third-order valence-electron chi connectivity index (χ3n) is 4.66. The van der Waals surface area contributed by atoms with Crippen molar-refractivity contribution in [3.05, 3.63) is 93.4 Å². The molecule has 0 saturated heterocycles. The number of anilines is 1. The number of hydrogen-bond acceptors (Lipinski definition) is 7. The highest BCUT2D eigenvalue weighted by atomic mass is 16.6. The van der Waals surface area contributed by atoms with Gasteiger partial charge in [0.1, 0.15) is 19.0 Å². The first-order valence-corrected chi connectivity index (χ1v) is 8.88. The Bertz CT molecular complexity index is 1110. The number of fused-ring (bicyclic) bond motifs is 1. The van der Waals surface area contributed by atoms with Gasteiger partial charge in [-0.1, -0.05) is 42.5 Å². The number of benzene rings is 2. The lowest BCUT2D eigenvalue weighted by Crippen LogP contribution is -2.30. The van der Waals surface area contributed by atoms with E-state index in [1.54, 1.807) is 25.1 Å². The number of aromatic nitrogens is 3. The summed E-state index contributed by atoms with van der Waals surface area (Å²) in [4.78, 5) is 28.3. The van der Waals surface area contributed by atoms with Crippen LogP contribution in [0.15, 0.2) is 72.2 Å². The van der Waals surface area contributed by atoms with E-state index in [1.165, 1.54) is 17.1 Å². The SMILES string of the molecule is CC1=C(C(=O)OCc2ccccc2)[C@H](c2ccccc2[N+](=O)[O-])n2ncnc2N1. The first kappa shape index (κ1) is 18.4. The Morgan fingerprint density at radius 3 is 2.69 bits per heavy atom. The minimum Gasteiger partial charge on any atom is -0.457 e. The normalized spacial score (nSPS) is 15.4. The van der Waals surface area contributed by atoms with Gasteiger partial charge in [-0.3, -0.25) is 10.1 Å². The van der Waals surface area contributed by atoms with E-state index in [4.69, 9.17) is 4.74 Å². The van der Waals surface area contributed by atoms with Crippen LogP contribution in [0.4, 0.5) is 11.6 Å². The second-order valence-corrected chi connectivity index (χ2v) is 6.47. The van der Waals surface area contributed by atoms with Gasteiger partial charge in [-0.15, -0.1) is 0 Å². The zero-order chi connectivity index (χ0) is 20.4. The summed E-state index contributed by atoms with van der Waals surface area (Å²) in [5.41, 5.74) is 1.81. The van der Waals surface area contributed by atoms with Gasteiger partial charge in [-0.05, 0) is 18.6 Å². The van der Waals surface area contributed by atoms with Crippen molar-refractivity contribution in [2.75, 3.05) is 5.32 Å². The van der Waals surface area contributed by atoms with Crippen LogP contribution in [0.5, 0.6) is 0 Å². The number of allylic oxidation sites excluding steroid dienone is 1. The maximum Gasteiger partial charge on any atom is 0.338 e. The summed E-state index contributed by atoms with van der Waals surface area (Å²) in [6, 6.07) is 14.7. The number of carbonyl (C=O) groups is 1. The predicted octanol–water partition coefficient (Wildman–Crippen LogP) is 3.22. The molecule has 9 nitrogen and oxygen atoms in total. The van der Waals surface area contributed by atoms with Crippen molar-refractivity contribution in [2.24, 2.45) is 0 Å². The van der Waals surface area contributed by atoms with Crippen LogP contribution in [0.3, 0.4) is 0 Å². The van der Waals surface area contributed by atoms with Crippen LogP contribution < -0.4 is 5.32 Å². The largest absolute Gasteiger partial charge is 0.457 e. The quantitative estimate of drug-likeness (QED) is 0.404. The molecule has 1 N–H and O–H groups in total. The first-order valence-electron chi connectivity index (χ1n) is 8.88. The smallest absolute Gasteiger partial charge is 0.338 e. The van der Waals surface area contributed by atoms with Gasteiger partial charge >= 0.3 is 5.97 Å². The molecular weight excluding hydrogens is 374 g/mol. The lowest BCUT2D eigenvalue weighted by atomic mass is 9.94. The fourth-order valence-electron chi connectivity index (χ4n) is 3.33. The molecule has 0 aliphatic carbocycles. The molecular formula is C20H17N5O4. The molecule has 1 aliphatic heterocycles. The average Bonchev–Trinajstić information content (AvgIpc) is 3.19. The molecule has 9 heteroatoms. The van der Waals surface area contributed by atoms with Crippen LogP contribution in [0.2, 0.25) is 0 Å². The molecule has 0 saturated carbocycles. The number of nitrogens with one attached hydrogen (secondary N) is 1. The van der Waals surface area contributed by atoms with Gasteiger partial charge < -0.3 is 10.1 Å². The van der Waals surface area contributed by atoms with E-state index < -0.39 is 16.9 Å². The first-order chi connectivity index (χ1) is 14.1. The molecule has 2 aromatic carbocycles. The number of hydrogen-bond donors (Lipinski definition) is 1. The molecule has 4 rings (SSSR count). The Balaban J connectivity index is 1.75. The minimum atomic E-state index is -0.835. The van der Waals surface area contributed by atoms with Crippen LogP contribution in [-0.4, -0.2) is 25.7 Å². The molecule has 0 fully saturated rings. The lowest BCUT2D eigenvalue weighted by molar-refractivity contribution is -0.385. The third kappa shape index (κ3) is 3.45. The summed E-state index contributed by atoms with van der Waals surface area (Å²) in [5, 5.41) is 18.8. The Hall–Kier alpha value is -4.01. The molecule has 0 spiro atoms. The highest BCUT2D eigenvalue weighted by molar-refractivity contribution is 5.92. The zero-order valence-electron chi connectivity index (χ0n) is 15.5. The van der Waals surface area contributed by atoms with Crippen molar-refractivity contribution in [1.82, 2.24) is 14.8 Å². The molecule has 1 atom stereocenters. The van der Waals surface area contributed by atoms with E-state index in [9.17, 15) is 14.9 Å². The molecule has 2 heterocycles. The molecule has 0 radical (unpaired) electrons. The van der Waals surface area contributed by atoms with Crippen LogP contribution >= 0.6 is 0 Å². The van der Waals surface area contributed by atoms with Gasteiger partial charge in [-0.2, -0.15) is 10.1 Å². The van der Waals surface area contributed by atoms with Gasteiger partial charge in [-0.25, -0.2) is 9.48 Å². The number of nitro groups is 1. The Kier molecular flexibility index (Phi) is 4.78. The molecule has 0 amide bonds. The molecule has 0 unspecified atom stereocenters. The van der Waals surface area contributed by atoms with Crippen molar-refractivity contribution >= 4 is 17.6 Å². The van der Waals surface area contributed by atoms with Crippen molar-refractivity contribution in [1.29, 1.82) is 0 Å². The number of rotatable bonds is 5. The number of ether oxygens (including phenoxy) is 1. The lowest BCUT2D eigenvalue weighted by Gasteiger charge is -2.28. The zero-order valence-corrected chi connectivity index (χ0v) is 15.5. The molecule has 146 valence electrons. The number of carbonyl (C=O) groups excluding carboxylic acids is 1. The summed E-state index contributed by atoms with van der Waals surface area (Å²) in [7, 11) is 0. The van der Waals surface area contributed by atoms with Gasteiger partial charge in [0.25, 0.3) is 5.69 Å².